The number of pyridine rings is 1. The maximum Gasteiger partial charge on any atom is 0.137 e. The molecule has 29 heavy (non-hydrogen) atoms. The molecule has 4 rings (SSSR count). The number of aromatic nitrogens is 2. The van der Waals surface area contributed by atoms with Gasteiger partial charge in [-0.05, 0) is 44.2 Å². The van der Waals surface area contributed by atoms with Gasteiger partial charge in [-0.2, -0.15) is 0 Å². The first kappa shape index (κ1) is 20.6. The molecular weight excluding hydrogens is 398 g/mol. The highest BCUT2D eigenvalue weighted by Crippen LogP contribution is 2.40. The van der Waals surface area contributed by atoms with Gasteiger partial charge < -0.3 is 14.5 Å². The lowest BCUT2D eigenvalue weighted by atomic mass is 9.88. The molecule has 0 spiro atoms. The molecule has 1 aliphatic carbocycles. The third-order valence-corrected chi connectivity index (χ3v) is 6.85. The Hall–Kier alpha value is -1.68. The summed E-state index contributed by atoms with van der Waals surface area (Å²) in [5, 5.41) is 2.60. The van der Waals surface area contributed by atoms with Gasteiger partial charge >= 0.3 is 0 Å². The van der Waals surface area contributed by atoms with E-state index in [-0.39, 0.29) is 12.5 Å². The van der Waals surface area contributed by atoms with Crippen molar-refractivity contribution in [1.29, 1.82) is 0 Å². The fourth-order valence-corrected chi connectivity index (χ4v) is 5.03. The van der Waals surface area contributed by atoms with Crippen molar-refractivity contribution in [1.82, 2.24) is 19.4 Å². The normalized spacial score (nSPS) is 29.0. The van der Waals surface area contributed by atoms with E-state index in [1.54, 1.807) is 0 Å². The third kappa shape index (κ3) is 4.14. The lowest BCUT2D eigenvalue weighted by Gasteiger charge is -2.28. The zero-order chi connectivity index (χ0) is 20.5. The molecule has 0 radical (unpaired) electrons. The van der Waals surface area contributed by atoms with Crippen molar-refractivity contribution in [2.75, 3.05) is 26.7 Å². The highest BCUT2D eigenvalue weighted by atomic mass is 32.2. The van der Waals surface area contributed by atoms with Gasteiger partial charge in [0.2, 0.25) is 0 Å². The maximum absolute atomic E-state index is 15.2. The molecule has 5 unspecified atom stereocenters. The number of hydrogen-bond donors (Lipinski definition) is 2. The van der Waals surface area contributed by atoms with Crippen LogP contribution in [0.25, 0.3) is 5.65 Å². The van der Waals surface area contributed by atoms with Crippen molar-refractivity contribution >= 4 is 16.6 Å². The highest BCUT2D eigenvalue weighted by Gasteiger charge is 2.39. The molecule has 2 aromatic heterocycles. The Balaban J connectivity index is 1.75. The molecule has 0 aromatic carbocycles. The Bertz CT molecular complexity index is 942. The first-order valence-electron chi connectivity index (χ1n) is 9.87. The average Bonchev–Trinajstić information content (AvgIpc) is 3.04. The summed E-state index contributed by atoms with van der Waals surface area (Å²) in [6.07, 6.45) is 2.09. The number of hydrogen-bond acceptors (Lipinski definition) is 4. The number of halogens is 2. The van der Waals surface area contributed by atoms with E-state index in [9.17, 15) is 4.21 Å². The van der Waals surface area contributed by atoms with Gasteiger partial charge in [0.05, 0.1) is 40.6 Å². The van der Waals surface area contributed by atoms with Crippen LogP contribution in [0.2, 0.25) is 0 Å². The number of nitrogens with one attached hydrogen (secondary N) is 2. The summed E-state index contributed by atoms with van der Waals surface area (Å²) in [4.78, 5) is 4.63. The molecule has 3 heterocycles. The molecular formula is C20H26F2N4O2S. The van der Waals surface area contributed by atoms with E-state index in [4.69, 9.17) is 4.74 Å². The third-order valence-electron chi connectivity index (χ3n) is 5.57. The molecule has 2 aliphatic rings. The van der Waals surface area contributed by atoms with E-state index in [1.165, 1.54) is 13.1 Å². The fraction of sp³-hybridized carbons (Fsp3) is 0.550. The average molecular weight is 425 g/mol. The Morgan fingerprint density at radius 3 is 3.00 bits per heavy atom. The molecule has 1 aliphatic heterocycles. The second kappa shape index (κ2) is 8.59. The number of imidazole rings is 1. The maximum atomic E-state index is 15.2. The molecule has 0 bridgehead atoms. The van der Waals surface area contributed by atoms with Gasteiger partial charge in [0.1, 0.15) is 17.6 Å². The number of aryl methyl sites for hydroxylation is 1. The summed E-state index contributed by atoms with van der Waals surface area (Å²) >= 11 is 0. The zero-order valence-corrected chi connectivity index (χ0v) is 17.3. The van der Waals surface area contributed by atoms with Gasteiger partial charge in [-0.3, -0.25) is 0 Å². The molecule has 158 valence electrons. The largest absolute Gasteiger partial charge is 0.375 e. The van der Waals surface area contributed by atoms with Crippen LogP contribution in [0, 0.1) is 6.92 Å². The minimum atomic E-state index is -1.52. The minimum absolute atomic E-state index is 0.0145. The van der Waals surface area contributed by atoms with Crippen molar-refractivity contribution in [2.24, 2.45) is 0 Å². The van der Waals surface area contributed by atoms with Crippen LogP contribution in [0.1, 0.15) is 29.3 Å². The summed E-state index contributed by atoms with van der Waals surface area (Å²) in [7, 11) is 0.000576. The van der Waals surface area contributed by atoms with Gasteiger partial charge in [0.15, 0.2) is 0 Å². The number of fused-ring (bicyclic) bond motifs is 1. The van der Waals surface area contributed by atoms with Crippen molar-refractivity contribution < 1.29 is 17.7 Å². The Labute approximate surface area is 171 Å². The Kier molecular flexibility index (Phi) is 6.10. The molecule has 2 aromatic rings. The summed E-state index contributed by atoms with van der Waals surface area (Å²) in [5.41, 5.74) is 2.86. The molecule has 2 N–H and O–H groups in total. The summed E-state index contributed by atoms with van der Waals surface area (Å²) < 4.78 is 52.5. The molecule has 6 nitrogen and oxygen atoms in total. The van der Waals surface area contributed by atoms with Crippen molar-refractivity contribution in [3.8, 4) is 0 Å². The van der Waals surface area contributed by atoms with Crippen LogP contribution in [0.5, 0.6) is 0 Å². The monoisotopic (exact) mass is 424 g/mol. The lowest BCUT2D eigenvalue weighted by molar-refractivity contribution is 0.0283. The standard InChI is InChI=1S/C20H26F2N4O2S/c1-12-3-5-26-17(8-13-11-24-4-6-28-13)20(25-18(26)7-12)19-15(21)9-14(10-16(19)22)29(27)23-2/h3,5,7,9,13-14,16,19,23-24H,4,6,8,10-11H2,1-2H3. The quantitative estimate of drug-likeness (QED) is 0.772. The number of rotatable bonds is 5. The first-order chi connectivity index (χ1) is 14.0. The van der Waals surface area contributed by atoms with Crippen molar-refractivity contribution in [3.63, 3.8) is 0 Å². The van der Waals surface area contributed by atoms with E-state index in [2.05, 4.69) is 15.0 Å². The number of allylic oxidation sites excluding steroid dienone is 1. The second-order valence-electron chi connectivity index (χ2n) is 7.60. The van der Waals surface area contributed by atoms with Crippen molar-refractivity contribution in [2.45, 2.75) is 43.2 Å². The van der Waals surface area contributed by atoms with Gasteiger partial charge in [-0.15, -0.1) is 0 Å². The number of alkyl halides is 1. The summed E-state index contributed by atoms with van der Waals surface area (Å²) in [5.74, 6) is -1.70. The van der Waals surface area contributed by atoms with Crippen LogP contribution in [0.3, 0.4) is 0 Å². The summed E-state index contributed by atoms with van der Waals surface area (Å²) in [6.45, 7) is 4.05. The van der Waals surface area contributed by atoms with Crippen LogP contribution in [0.15, 0.2) is 30.2 Å². The van der Waals surface area contributed by atoms with Crippen LogP contribution >= 0.6 is 0 Å². The SMILES string of the molecule is CNS(=O)C1C=C(F)C(c2nc3cc(C)ccn3c2CC2CNCCO2)C(F)C1. The van der Waals surface area contributed by atoms with E-state index >= 15 is 8.78 Å². The van der Waals surface area contributed by atoms with Gasteiger partial charge in [-0.1, -0.05) is 0 Å². The molecule has 5 atom stereocenters. The lowest BCUT2D eigenvalue weighted by Crippen LogP contribution is -2.40. The number of morpholine rings is 1. The van der Waals surface area contributed by atoms with Crippen LogP contribution in [-0.4, -0.2) is 57.9 Å². The molecule has 0 saturated carbocycles. The van der Waals surface area contributed by atoms with Crippen molar-refractivity contribution in [3.05, 3.63) is 47.2 Å². The van der Waals surface area contributed by atoms with Gasteiger partial charge in [-0.25, -0.2) is 22.7 Å². The zero-order valence-electron chi connectivity index (χ0n) is 16.5. The molecule has 1 saturated heterocycles. The second-order valence-corrected chi connectivity index (χ2v) is 9.21. The van der Waals surface area contributed by atoms with Gasteiger partial charge in [0.25, 0.3) is 0 Å². The van der Waals surface area contributed by atoms with E-state index < -0.39 is 34.2 Å². The molecule has 0 amide bonds. The Morgan fingerprint density at radius 1 is 1.48 bits per heavy atom. The number of ether oxygens (including phenoxy) is 1. The van der Waals surface area contributed by atoms with Gasteiger partial charge in [0, 0.05) is 31.4 Å². The van der Waals surface area contributed by atoms with E-state index in [0.717, 1.165) is 17.8 Å². The number of nitrogens with zero attached hydrogens (tertiary/aromatic N) is 2. The van der Waals surface area contributed by atoms with Crippen LogP contribution in [0.4, 0.5) is 8.78 Å². The first-order valence-corrected chi connectivity index (χ1v) is 11.1. The predicted molar refractivity (Wildman–Crippen MR) is 109 cm³/mol. The van der Waals surface area contributed by atoms with E-state index in [0.29, 0.717) is 30.9 Å². The highest BCUT2D eigenvalue weighted by molar-refractivity contribution is 7.83. The van der Waals surface area contributed by atoms with Crippen LogP contribution in [-0.2, 0) is 22.1 Å². The fourth-order valence-electron chi connectivity index (χ4n) is 4.12. The smallest absolute Gasteiger partial charge is 0.137 e. The summed E-state index contributed by atoms with van der Waals surface area (Å²) in [6, 6.07) is 3.86. The Morgan fingerprint density at radius 2 is 2.31 bits per heavy atom. The predicted octanol–water partition coefficient (Wildman–Crippen LogP) is 2.10. The molecule has 9 heteroatoms. The van der Waals surface area contributed by atoms with Crippen LogP contribution < -0.4 is 10.0 Å². The topological polar surface area (TPSA) is 67.7 Å². The molecule has 1 fully saturated rings. The minimum Gasteiger partial charge on any atom is -0.375 e. The van der Waals surface area contributed by atoms with E-state index in [1.807, 2.05) is 29.7 Å².